The van der Waals surface area contributed by atoms with Gasteiger partial charge in [0.05, 0.1) is 6.10 Å². The van der Waals surface area contributed by atoms with Crippen LogP contribution < -0.4 is 5.32 Å². The summed E-state index contributed by atoms with van der Waals surface area (Å²) in [6.07, 6.45) is 2.35. The molecule has 0 spiro atoms. The van der Waals surface area contributed by atoms with Crippen molar-refractivity contribution < 1.29 is 5.11 Å². The molecule has 0 fully saturated rings. The third-order valence-electron chi connectivity index (χ3n) is 5.70. The van der Waals surface area contributed by atoms with E-state index in [2.05, 4.69) is 90.2 Å². The zero-order chi connectivity index (χ0) is 18.5. The molecule has 1 aliphatic carbocycles. The summed E-state index contributed by atoms with van der Waals surface area (Å²) < 4.78 is 0. The Labute approximate surface area is 161 Å². The Kier molecular flexibility index (Phi) is 5.66. The smallest absolute Gasteiger partial charge is 0.0736 e. The molecule has 0 saturated carbocycles. The van der Waals surface area contributed by atoms with Gasteiger partial charge >= 0.3 is 0 Å². The van der Waals surface area contributed by atoms with Crippen LogP contribution in [0.5, 0.6) is 0 Å². The monoisotopic (exact) mass is 357 g/mol. The molecule has 27 heavy (non-hydrogen) atoms. The molecule has 1 aliphatic rings. The number of aliphatic hydroxyl groups excluding tert-OH is 1. The van der Waals surface area contributed by atoms with Crippen LogP contribution in [0.2, 0.25) is 0 Å². The van der Waals surface area contributed by atoms with Gasteiger partial charge in [0.1, 0.15) is 0 Å². The quantitative estimate of drug-likeness (QED) is 0.688. The zero-order valence-corrected chi connectivity index (χ0v) is 15.6. The van der Waals surface area contributed by atoms with Crippen molar-refractivity contribution in [2.45, 2.75) is 37.3 Å². The van der Waals surface area contributed by atoms with Crippen LogP contribution in [0.25, 0.3) is 0 Å². The van der Waals surface area contributed by atoms with E-state index in [0.29, 0.717) is 5.92 Å². The second kappa shape index (κ2) is 8.51. The van der Waals surface area contributed by atoms with Crippen LogP contribution >= 0.6 is 0 Å². The maximum Gasteiger partial charge on any atom is 0.0736 e. The SMILES string of the molecule is O[C@@H]1Cc2ccccc2C[C@H]1NCCC(c1ccccc1)c1ccccc1. The van der Waals surface area contributed by atoms with E-state index in [1.165, 1.54) is 22.3 Å². The van der Waals surface area contributed by atoms with Crippen LogP contribution in [-0.4, -0.2) is 23.8 Å². The van der Waals surface area contributed by atoms with E-state index in [9.17, 15) is 5.11 Å². The number of aliphatic hydroxyl groups is 1. The van der Waals surface area contributed by atoms with Crippen LogP contribution in [0.4, 0.5) is 0 Å². The van der Waals surface area contributed by atoms with E-state index in [0.717, 1.165) is 25.8 Å². The standard InChI is InChI=1S/C25H27NO/c27-25-18-22-14-8-7-13-21(22)17-24(25)26-16-15-23(19-9-3-1-4-10-19)20-11-5-2-6-12-20/h1-14,23-27H,15-18H2/t24-,25-/m1/s1. The fourth-order valence-electron chi connectivity index (χ4n) is 4.21. The maximum atomic E-state index is 10.6. The number of hydrogen-bond donors (Lipinski definition) is 2. The van der Waals surface area contributed by atoms with Crippen molar-refractivity contribution in [3.05, 3.63) is 107 Å². The van der Waals surface area contributed by atoms with Crippen LogP contribution in [0, 0.1) is 0 Å². The summed E-state index contributed by atoms with van der Waals surface area (Å²) in [4.78, 5) is 0. The predicted octanol–water partition coefficient (Wildman–Crippen LogP) is 4.33. The first-order valence-corrected chi connectivity index (χ1v) is 9.89. The van der Waals surface area contributed by atoms with Crippen molar-refractivity contribution in [3.63, 3.8) is 0 Å². The lowest BCUT2D eigenvalue weighted by Gasteiger charge is -2.31. The van der Waals surface area contributed by atoms with Crippen molar-refractivity contribution in [3.8, 4) is 0 Å². The van der Waals surface area contributed by atoms with Gasteiger partial charge in [0.2, 0.25) is 0 Å². The van der Waals surface area contributed by atoms with Gasteiger partial charge in [-0.15, -0.1) is 0 Å². The van der Waals surface area contributed by atoms with Gasteiger partial charge in [0.15, 0.2) is 0 Å². The van der Waals surface area contributed by atoms with Gasteiger partial charge < -0.3 is 10.4 Å². The Bertz CT molecular complexity index is 807. The van der Waals surface area contributed by atoms with Crippen molar-refractivity contribution in [1.82, 2.24) is 5.32 Å². The molecule has 0 saturated heterocycles. The number of fused-ring (bicyclic) bond motifs is 1. The van der Waals surface area contributed by atoms with Gasteiger partial charge in [-0.1, -0.05) is 84.9 Å². The van der Waals surface area contributed by atoms with Gasteiger partial charge in [-0.25, -0.2) is 0 Å². The molecule has 3 aromatic carbocycles. The number of rotatable bonds is 6. The minimum Gasteiger partial charge on any atom is -0.391 e. The van der Waals surface area contributed by atoms with Gasteiger partial charge in [-0.05, 0) is 41.6 Å². The molecule has 3 aromatic rings. The molecule has 0 radical (unpaired) electrons. The summed E-state index contributed by atoms with van der Waals surface area (Å²) >= 11 is 0. The third kappa shape index (κ3) is 4.29. The largest absolute Gasteiger partial charge is 0.391 e. The summed E-state index contributed by atoms with van der Waals surface area (Å²) in [7, 11) is 0. The highest BCUT2D eigenvalue weighted by Crippen LogP contribution is 2.28. The van der Waals surface area contributed by atoms with Crippen LogP contribution in [0.3, 0.4) is 0 Å². The van der Waals surface area contributed by atoms with Crippen molar-refractivity contribution in [2.75, 3.05) is 6.54 Å². The second-order valence-corrected chi connectivity index (χ2v) is 7.47. The van der Waals surface area contributed by atoms with E-state index in [1.807, 2.05) is 0 Å². The Hall–Kier alpha value is -2.42. The van der Waals surface area contributed by atoms with Crippen molar-refractivity contribution in [2.24, 2.45) is 0 Å². The molecule has 0 aromatic heterocycles. The fraction of sp³-hybridized carbons (Fsp3) is 0.280. The lowest BCUT2D eigenvalue weighted by Crippen LogP contribution is -2.46. The van der Waals surface area contributed by atoms with Crippen LogP contribution in [0.1, 0.15) is 34.6 Å². The lowest BCUT2D eigenvalue weighted by atomic mass is 9.85. The molecule has 2 atom stereocenters. The van der Waals surface area contributed by atoms with Gasteiger partial charge in [-0.3, -0.25) is 0 Å². The molecule has 0 aliphatic heterocycles. The molecule has 0 heterocycles. The van der Waals surface area contributed by atoms with Gasteiger partial charge in [0.25, 0.3) is 0 Å². The molecule has 2 heteroatoms. The van der Waals surface area contributed by atoms with E-state index in [1.54, 1.807) is 0 Å². The Morgan fingerprint density at radius 1 is 0.741 bits per heavy atom. The maximum absolute atomic E-state index is 10.6. The summed E-state index contributed by atoms with van der Waals surface area (Å²) in [5.74, 6) is 0.368. The normalized spacial score (nSPS) is 19.0. The fourth-order valence-corrected chi connectivity index (χ4v) is 4.21. The van der Waals surface area contributed by atoms with Crippen LogP contribution in [-0.2, 0) is 12.8 Å². The van der Waals surface area contributed by atoms with Crippen molar-refractivity contribution >= 4 is 0 Å². The first-order valence-electron chi connectivity index (χ1n) is 9.89. The first kappa shape index (κ1) is 18.0. The van der Waals surface area contributed by atoms with E-state index >= 15 is 0 Å². The molecule has 4 rings (SSSR count). The van der Waals surface area contributed by atoms with Gasteiger partial charge in [-0.2, -0.15) is 0 Å². The Morgan fingerprint density at radius 2 is 1.26 bits per heavy atom. The van der Waals surface area contributed by atoms with E-state index in [-0.39, 0.29) is 12.1 Å². The summed E-state index contributed by atoms with van der Waals surface area (Å²) in [5, 5.41) is 14.2. The Balaban J connectivity index is 1.43. The molecule has 138 valence electrons. The molecular formula is C25H27NO. The number of nitrogens with one attached hydrogen (secondary N) is 1. The van der Waals surface area contributed by atoms with E-state index in [4.69, 9.17) is 0 Å². The summed E-state index contributed by atoms with van der Waals surface area (Å²) in [5.41, 5.74) is 5.34. The minimum absolute atomic E-state index is 0.132. The molecule has 0 amide bonds. The lowest BCUT2D eigenvalue weighted by molar-refractivity contribution is 0.119. The van der Waals surface area contributed by atoms with Crippen molar-refractivity contribution in [1.29, 1.82) is 0 Å². The highest BCUT2D eigenvalue weighted by molar-refractivity contribution is 5.33. The van der Waals surface area contributed by atoms with Gasteiger partial charge in [0, 0.05) is 18.4 Å². The zero-order valence-electron chi connectivity index (χ0n) is 15.6. The summed E-state index contributed by atoms with van der Waals surface area (Å²) in [6, 6.07) is 30.0. The Morgan fingerprint density at radius 3 is 1.85 bits per heavy atom. The first-order chi connectivity index (χ1) is 13.3. The number of benzene rings is 3. The topological polar surface area (TPSA) is 32.3 Å². The predicted molar refractivity (Wildman–Crippen MR) is 111 cm³/mol. The average molecular weight is 357 g/mol. The number of hydrogen-bond acceptors (Lipinski definition) is 2. The molecule has 2 nitrogen and oxygen atoms in total. The molecule has 0 bridgehead atoms. The molecule has 0 unspecified atom stereocenters. The summed E-state index contributed by atoms with van der Waals surface area (Å²) in [6.45, 7) is 0.887. The molecule has 2 N–H and O–H groups in total. The minimum atomic E-state index is -0.313. The molecular weight excluding hydrogens is 330 g/mol. The average Bonchev–Trinajstić information content (AvgIpc) is 2.73. The highest BCUT2D eigenvalue weighted by Gasteiger charge is 2.26. The van der Waals surface area contributed by atoms with E-state index < -0.39 is 0 Å². The third-order valence-corrected chi connectivity index (χ3v) is 5.70. The van der Waals surface area contributed by atoms with Crippen LogP contribution in [0.15, 0.2) is 84.9 Å². The highest BCUT2D eigenvalue weighted by atomic mass is 16.3. The second-order valence-electron chi connectivity index (χ2n) is 7.47.